The fraction of sp³-hybridized carbons (Fsp3) is 1.00. The summed E-state index contributed by atoms with van der Waals surface area (Å²) < 4.78 is 0. The SMILES string of the molecule is CC1CC(C)CN(C2(CN)CCN(C)C(C)C2)C1. The van der Waals surface area contributed by atoms with E-state index in [4.69, 9.17) is 5.73 Å². The lowest BCUT2D eigenvalue weighted by Gasteiger charge is -2.53. The van der Waals surface area contributed by atoms with Crippen LogP contribution in [-0.2, 0) is 0 Å². The first kappa shape index (κ1) is 14.3. The minimum Gasteiger partial charge on any atom is -0.329 e. The Labute approximate surface area is 113 Å². The van der Waals surface area contributed by atoms with Crippen LogP contribution in [0.5, 0.6) is 0 Å². The molecular weight excluding hydrogens is 222 g/mol. The molecule has 3 nitrogen and oxygen atoms in total. The normalized spacial score (nSPS) is 44.2. The van der Waals surface area contributed by atoms with Gasteiger partial charge in [0.2, 0.25) is 0 Å². The Morgan fingerprint density at radius 1 is 1.17 bits per heavy atom. The number of nitrogens with two attached hydrogens (primary N) is 1. The molecule has 2 saturated heterocycles. The average molecular weight is 253 g/mol. The lowest BCUT2D eigenvalue weighted by molar-refractivity contribution is -0.0246. The number of rotatable bonds is 2. The number of hydrogen-bond donors (Lipinski definition) is 1. The van der Waals surface area contributed by atoms with Crippen LogP contribution in [0.2, 0.25) is 0 Å². The van der Waals surface area contributed by atoms with Crippen LogP contribution >= 0.6 is 0 Å². The maximum Gasteiger partial charge on any atom is 0.0358 e. The Morgan fingerprint density at radius 3 is 2.28 bits per heavy atom. The van der Waals surface area contributed by atoms with Crippen LogP contribution in [0.4, 0.5) is 0 Å². The summed E-state index contributed by atoms with van der Waals surface area (Å²) in [5, 5.41) is 0. The summed E-state index contributed by atoms with van der Waals surface area (Å²) in [5.74, 6) is 1.65. The third-order valence-corrected chi connectivity index (χ3v) is 5.28. The molecule has 0 amide bonds. The standard InChI is InChI=1S/C15H31N3/c1-12-7-13(2)10-18(9-12)15(11-16)5-6-17(4)14(3)8-15/h12-14H,5-11,16H2,1-4H3. The van der Waals surface area contributed by atoms with E-state index < -0.39 is 0 Å². The fourth-order valence-electron chi connectivity index (χ4n) is 4.06. The van der Waals surface area contributed by atoms with Gasteiger partial charge in [0, 0.05) is 31.2 Å². The molecule has 2 rings (SSSR count). The Balaban J connectivity index is 2.11. The Bertz CT molecular complexity index is 271. The minimum atomic E-state index is 0.273. The summed E-state index contributed by atoms with van der Waals surface area (Å²) in [6, 6.07) is 0.662. The van der Waals surface area contributed by atoms with E-state index in [1.807, 2.05) is 0 Å². The maximum atomic E-state index is 6.21. The second-order valence-corrected chi connectivity index (χ2v) is 7.06. The molecule has 0 aromatic heterocycles. The number of nitrogens with zero attached hydrogens (tertiary/aromatic N) is 2. The van der Waals surface area contributed by atoms with Crippen molar-refractivity contribution in [2.45, 2.75) is 51.6 Å². The summed E-state index contributed by atoms with van der Waals surface area (Å²) >= 11 is 0. The summed E-state index contributed by atoms with van der Waals surface area (Å²) in [6.45, 7) is 11.6. The van der Waals surface area contributed by atoms with Crippen molar-refractivity contribution in [3.63, 3.8) is 0 Å². The van der Waals surface area contributed by atoms with Crippen LogP contribution in [0.15, 0.2) is 0 Å². The zero-order chi connectivity index (χ0) is 13.3. The van der Waals surface area contributed by atoms with Crippen molar-refractivity contribution in [2.75, 3.05) is 33.2 Å². The number of hydrogen-bond acceptors (Lipinski definition) is 3. The largest absolute Gasteiger partial charge is 0.329 e. The van der Waals surface area contributed by atoms with Crippen LogP contribution in [0, 0.1) is 11.8 Å². The Kier molecular flexibility index (Phi) is 4.35. The molecule has 2 N–H and O–H groups in total. The minimum absolute atomic E-state index is 0.273. The Hall–Kier alpha value is -0.120. The van der Waals surface area contributed by atoms with Gasteiger partial charge in [0.25, 0.3) is 0 Å². The van der Waals surface area contributed by atoms with Gasteiger partial charge in [-0.2, -0.15) is 0 Å². The van der Waals surface area contributed by atoms with Crippen molar-refractivity contribution in [1.82, 2.24) is 9.80 Å². The van der Waals surface area contributed by atoms with Crippen molar-refractivity contribution in [1.29, 1.82) is 0 Å². The van der Waals surface area contributed by atoms with Crippen molar-refractivity contribution >= 4 is 0 Å². The van der Waals surface area contributed by atoms with Gasteiger partial charge in [0.15, 0.2) is 0 Å². The molecule has 0 aromatic rings. The summed E-state index contributed by atoms with van der Waals surface area (Å²) in [7, 11) is 2.24. The molecule has 3 heteroatoms. The van der Waals surface area contributed by atoms with Gasteiger partial charge in [-0.1, -0.05) is 13.8 Å². The van der Waals surface area contributed by atoms with Crippen molar-refractivity contribution in [3.05, 3.63) is 0 Å². The van der Waals surface area contributed by atoms with Crippen LogP contribution in [0.25, 0.3) is 0 Å². The van der Waals surface area contributed by atoms with E-state index in [-0.39, 0.29) is 5.54 Å². The third kappa shape index (κ3) is 2.73. The predicted octanol–water partition coefficient (Wildman–Crippen LogP) is 1.78. The number of likely N-dealkylation sites (tertiary alicyclic amines) is 2. The summed E-state index contributed by atoms with van der Waals surface area (Å²) in [5.41, 5.74) is 6.48. The molecule has 0 bridgehead atoms. The van der Waals surface area contributed by atoms with E-state index in [0.29, 0.717) is 6.04 Å². The zero-order valence-corrected chi connectivity index (χ0v) is 12.7. The van der Waals surface area contributed by atoms with Gasteiger partial charge >= 0.3 is 0 Å². The quantitative estimate of drug-likeness (QED) is 0.814. The molecule has 0 saturated carbocycles. The van der Waals surface area contributed by atoms with E-state index in [0.717, 1.165) is 18.4 Å². The first-order valence-corrected chi connectivity index (χ1v) is 7.62. The maximum absolute atomic E-state index is 6.21. The monoisotopic (exact) mass is 253 g/mol. The van der Waals surface area contributed by atoms with Gasteiger partial charge in [-0.25, -0.2) is 0 Å². The molecule has 4 unspecified atom stereocenters. The van der Waals surface area contributed by atoms with Crippen molar-refractivity contribution in [3.8, 4) is 0 Å². The molecule has 0 spiro atoms. The van der Waals surface area contributed by atoms with Gasteiger partial charge in [-0.05, 0) is 51.6 Å². The average Bonchev–Trinajstić information content (AvgIpc) is 2.31. The van der Waals surface area contributed by atoms with Crippen LogP contribution in [-0.4, -0.2) is 54.6 Å². The van der Waals surface area contributed by atoms with E-state index in [9.17, 15) is 0 Å². The van der Waals surface area contributed by atoms with E-state index in [1.165, 1.54) is 38.9 Å². The van der Waals surface area contributed by atoms with Crippen molar-refractivity contribution in [2.24, 2.45) is 17.6 Å². The van der Waals surface area contributed by atoms with E-state index in [1.54, 1.807) is 0 Å². The van der Waals surface area contributed by atoms with E-state index in [2.05, 4.69) is 37.6 Å². The molecule has 106 valence electrons. The summed E-state index contributed by atoms with van der Waals surface area (Å²) in [6.07, 6.45) is 3.86. The molecule has 0 aliphatic carbocycles. The van der Waals surface area contributed by atoms with E-state index >= 15 is 0 Å². The van der Waals surface area contributed by atoms with Crippen LogP contribution < -0.4 is 5.73 Å². The molecule has 2 fully saturated rings. The highest BCUT2D eigenvalue weighted by molar-refractivity contribution is 5.00. The molecule has 18 heavy (non-hydrogen) atoms. The van der Waals surface area contributed by atoms with Gasteiger partial charge < -0.3 is 10.6 Å². The smallest absolute Gasteiger partial charge is 0.0358 e. The lowest BCUT2D eigenvalue weighted by Crippen LogP contribution is -2.63. The van der Waals surface area contributed by atoms with Gasteiger partial charge in [-0.3, -0.25) is 4.90 Å². The molecule has 2 aliphatic heterocycles. The van der Waals surface area contributed by atoms with Crippen molar-refractivity contribution < 1.29 is 0 Å². The molecule has 0 aromatic carbocycles. The van der Waals surface area contributed by atoms with Gasteiger partial charge in [0.05, 0.1) is 0 Å². The predicted molar refractivity (Wildman–Crippen MR) is 77.6 cm³/mol. The second kappa shape index (κ2) is 5.48. The topological polar surface area (TPSA) is 32.5 Å². The highest BCUT2D eigenvalue weighted by Gasteiger charge is 2.42. The highest BCUT2D eigenvalue weighted by atomic mass is 15.3. The molecule has 4 atom stereocenters. The zero-order valence-electron chi connectivity index (χ0n) is 12.7. The highest BCUT2D eigenvalue weighted by Crippen LogP contribution is 2.35. The molecular formula is C15H31N3. The van der Waals surface area contributed by atoms with Gasteiger partial charge in [-0.15, -0.1) is 0 Å². The summed E-state index contributed by atoms with van der Waals surface area (Å²) in [4.78, 5) is 5.21. The molecule has 2 aliphatic rings. The van der Waals surface area contributed by atoms with Crippen LogP contribution in [0.3, 0.4) is 0 Å². The van der Waals surface area contributed by atoms with Crippen LogP contribution in [0.1, 0.15) is 40.0 Å². The molecule has 2 heterocycles. The third-order valence-electron chi connectivity index (χ3n) is 5.28. The first-order valence-electron chi connectivity index (χ1n) is 7.62. The lowest BCUT2D eigenvalue weighted by atomic mass is 9.79. The molecule has 0 radical (unpaired) electrons. The second-order valence-electron chi connectivity index (χ2n) is 7.06. The Morgan fingerprint density at radius 2 is 1.78 bits per heavy atom. The first-order chi connectivity index (χ1) is 8.47. The number of piperidine rings is 2. The van der Waals surface area contributed by atoms with Gasteiger partial charge in [0.1, 0.15) is 0 Å². The fourth-order valence-corrected chi connectivity index (χ4v) is 4.06.